The summed E-state index contributed by atoms with van der Waals surface area (Å²) in [4.78, 5) is 12.9. The van der Waals surface area contributed by atoms with Gasteiger partial charge < -0.3 is 14.0 Å². The predicted octanol–water partition coefficient (Wildman–Crippen LogP) is 3.86. The summed E-state index contributed by atoms with van der Waals surface area (Å²) in [6, 6.07) is 5.97. The minimum Gasteiger partial charge on any atom is -0.443 e. The van der Waals surface area contributed by atoms with Gasteiger partial charge in [0.1, 0.15) is 11.4 Å². The average molecular weight is 361 g/mol. The van der Waals surface area contributed by atoms with Crippen molar-refractivity contribution in [3.05, 3.63) is 30.1 Å². The van der Waals surface area contributed by atoms with Crippen LogP contribution in [0.25, 0.3) is 10.9 Å². The van der Waals surface area contributed by atoms with Gasteiger partial charge in [-0.15, -0.1) is 0 Å². The summed E-state index contributed by atoms with van der Waals surface area (Å²) in [7, 11) is -0.761. The largest absolute Gasteiger partial charge is 0.513 e. The molecule has 0 bridgehead atoms. The van der Waals surface area contributed by atoms with Crippen LogP contribution in [0.4, 0.5) is 9.18 Å². The van der Waals surface area contributed by atoms with Crippen LogP contribution in [0, 0.1) is 5.82 Å². The van der Waals surface area contributed by atoms with E-state index < -0.39 is 30.0 Å². The third-order valence-corrected chi connectivity index (χ3v) is 4.86. The highest BCUT2D eigenvalue weighted by Crippen LogP contribution is 2.37. The zero-order valence-electron chi connectivity index (χ0n) is 16.3. The Balaban J connectivity index is 2.13. The highest BCUT2D eigenvalue weighted by atomic mass is 19.1. The Morgan fingerprint density at radius 2 is 1.69 bits per heavy atom. The molecule has 0 N–H and O–H groups in total. The summed E-state index contributed by atoms with van der Waals surface area (Å²) >= 11 is 0. The Morgan fingerprint density at radius 1 is 1.12 bits per heavy atom. The van der Waals surface area contributed by atoms with Crippen LogP contribution in [0.2, 0.25) is 0 Å². The maximum atomic E-state index is 13.7. The van der Waals surface area contributed by atoms with Crippen LogP contribution in [-0.2, 0) is 14.0 Å². The number of nitrogens with zero attached hydrogens (tertiary/aromatic N) is 1. The smallest absolute Gasteiger partial charge is 0.443 e. The number of benzene rings is 1. The van der Waals surface area contributed by atoms with Gasteiger partial charge in [-0.25, -0.2) is 9.18 Å². The van der Waals surface area contributed by atoms with E-state index in [2.05, 4.69) is 0 Å². The fourth-order valence-corrected chi connectivity index (χ4v) is 2.86. The molecule has 0 spiro atoms. The molecule has 1 fully saturated rings. The molecular formula is C19H25BFNO4. The lowest BCUT2D eigenvalue weighted by Gasteiger charge is -2.32. The van der Waals surface area contributed by atoms with Crippen molar-refractivity contribution in [3.8, 4) is 0 Å². The van der Waals surface area contributed by atoms with Gasteiger partial charge in [0.2, 0.25) is 0 Å². The molecule has 26 heavy (non-hydrogen) atoms. The molecular weight excluding hydrogens is 336 g/mol. The first-order valence-electron chi connectivity index (χ1n) is 8.71. The summed E-state index contributed by atoms with van der Waals surface area (Å²) < 4.78 is 32.8. The lowest BCUT2D eigenvalue weighted by molar-refractivity contribution is 0.00578. The van der Waals surface area contributed by atoms with E-state index in [1.54, 1.807) is 32.9 Å². The fraction of sp³-hybridized carbons (Fsp3) is 0.526. The van der Waals surface area contributed by atoms with E-state index in [-0.39, 0.29) is 5.82 Å². The fourth-order valence-electron chi connectivity index (χ4n) is 2.86. The van der Waals surface area contributed by atoms with Gasteiger partial charge >= 0.3 is 13.2 Å². The maximum Gasteiger partial charge on any atom is 0.513 e. The Labute approximate surface area is 153 Å². The molecule has 2 heterocycles. The van der Waals surface area contributed by atoms with Crippen LogP contribution in [-0.4, -0.2) is 34.6 Å². The number of aromatic nitrogens is 1. The third kappa shape index (κ3) is 3.26. The molecule has 7 heteroatoms. The number of rotatable bonds is 1. The number of halogens is 1. The Bertz CT molecular complexity index is 850. The average Bonchev–Trinajstić information content (AvgIpc) is 2.91. The molecule has 1 saturated heterocycles. The molecule has 2 aromatic rings. The summed E-state index contributed by atoms with van der Waals surface area (Å²) in [5, 5.41) is 0.584. The molecule has 0 aliphatic carbocycles. The van der Waals surface area contributed by atoms with Gasteiger partial charge in [-0.1, -0.05) is 0 Å². The van der Waals surface area contributed by atoms with Crippen molar-refractivity contribution in [1.82, 2.24) is 4.57 Å². The van der Waals surface area contributed by atoms with Crippen LogP contribution in [0.3, 0.4) is 0 Å². The van der Waals surface area contributed by atoms with E-state index >= 15 is 0 Å². The van der Waals surface area contributed by atoms with Gasteiger partial charge in [-0.2, -0.15) is 0 Å². The van der Waals surface area contributed by atoms with Crippen molar-refractivity contribution in [3.63, 3.8) is 0 Å². The van der Waals surface area contributed by atoms with Crippen molar-refractivity contribution in [1.29, 1.82) is 0 Å². The number of ether oxygens (including phenoxy) is 1. The van der Waals surface area contributed by atoms with Gasteiger partial charge in [-0.3, -0.25) is 4.57 Å². The van der Waals surface area contributed by atoms with Crippen LogP contribution in [0.5, 0.6) is 0 Å². The van der Waals surface area contributed by atoms with Crippen molar-refractivity contribution in [2.24, 2.45) is 0 Å². The molecule has 3 rings (SSSR count). The monoisotopic (exact) mass is 361 g/mol. The van der Waals surface area contributed by atoms with E-state index in [0.717, 1.165) is 0 Å². The Hall–Kier alpha value is -1.86. The van der Waals surface area contributed by atoms with Gasteiger partial charge in [0, 0.05) is 5.39 Å². The molecule has 0 amide bonds. The molecule has 1 aromatic carbocycles. The van der Waals surface area contributed by atoms with E-state index in [4.69, 9.17) is 14.0 Å². The number of hydrogen-bond acceptors (Lipinski definition) is 4. The summed E-state index contributed by atoms with van der Waals surface area (Å²) in [5.41, 5.74) is -0.749. The molecule has 140 valence electrons. The number of hydrogen-bond donors (Lipinski definition) is 0. The Morgan fingerprint density at radius 3 is 2.23 bits per heavy atom. The third-order valence-electron chi connectivity index (χ3n) is 4.86. The second-order valence-electron chi connectivity index (χ2n) is 8.68. The molecule has 0 radical (unpaired) electrons. The highest BCUT2D eigenvalue weighted by Gasteiger charge is 2.53. The van der Waals surface area contributed by atoms with Crippen LogP contribution >= 0.6 is 0 Å². The maximum absolute atomic E-state index is 13.7. The number of fused-ring (bicyclic) bond motifs is 1. The highest BCUT2D eigenvalue weighted by molar-refractivity contribution is 6.62. The lowest BCUT2D eigenvalue weighted by atomic mass is 9.84. The lowest BCUT2D eigenvalue weighted by Crippen LogP contribution is -2.43. The number of carbonyl (C=O) groups excluding carboxylic acids is 1. The van der Waals surface area contributed by atoms with Gasteiger partial charge in [0.15, 0.2) is 0 Å². The predicted molar refractivity (Wildman–Crippen MR) is 99.2 cm³/mol. The van der Waals surface area contributed by atoms with E-state index in [9.17, 15) is 9.18 Å². The van der Waals surface area contributed by atoms with Crippen molar-refractivity contribution < 1.29 is 23.2 Å². The van der Waals surface area contributed by atoms with Crippen molar-refractivity contribution >= 4 is 29.7 Å². The van der Waals surface area contributed by atoms with Crippen molar-refractivity contribution in [2.45, 2.75) is 65.3 Å². The SMILES string of the molecule is CC(C)(C)OC(=O)n1c(B2OC(C)(C)C(C)(C)O2)cc2cc(F)ccc21. The zero-order valence-corrected chi connectivity index (χ0v) is 16.3. The molecule has 0 atom stereocenters. The molecule has 5 nitrogen and oxygen atoms in total. The normalized spacial score (nSPS) is 19.2. The van der Waals surface area contributed by atoms with E-state index in [1.165, 1.54) is 16.7 Å². The second-order valence-corrected chi connectivity index (χ2v) is 8.68. The standard InChI is InChI=1S/C19H25BFNO4/c1-17(2,3)24-16(23)22-14-9-8-13(21)10-12(14)11-15(22)20-25-18(4,5)19(6,7)26-20/h8-11H,1-7H3. The first kappa shape index (κ1) is 18.9. The first-order chi connectivity index (χ1) is 11.8. The summed E-state index contributed by atoms with van der Waals surface area (Å²) in [5.74, 6) is -0.376. The van der Waals surface area contributed by atoms with Crippen molar-refractivity contribution in [2.75, 3.05) is 0 Å². The number of carbonyl (C=O) groups is 1. The van der Waals surface area contributed by atoms with Gasteiger partial charge in [0.25, 0.3) is 0 Å². The quantitative estimate of drug-likeness (QED) is 0.724. The second kappa shape index (κ2) is 5.82. The summed E-state index contributed by atoms with van der Waals surface area (Å²) in [6.07, 6.45) is -0.552. The van der Waals surface area contributed by atoms with Crippen LogP contribution in [0.1, 0.15) is 48.5 Å². The first-order valence-corrected chi connectivity index (χ1v) is 8.71. The molecule has 1 aromatic heterocycles. The summed E-state index contributed by atoms with van der Waals surface area (Å²) in [6.45, 7) is 13.1. The minimum absolute atomic E-state index is 0.376. The zero-order chi connectivity index (χ0) is 19.5. The van der Waals surface area contributed by atoms with Gasteiger partial charge in [0.05, 0.1) is 22.3 Å². The molecule has 0 saturated carbocycles. The molecule has 1 aliphatic heterocycles. The molecule has 0 unspecified atom stereocenters. The van der Waals surface area contributed by atoms with Crippen LogP contribution < -0.4 is 5.59 Å². The topological polar surface area (TPSA) is 49.7 Å². The Kier molecular flexibility index (Phi) is 4.24. The minimum atomic E-state index is -0.761. The molecule has 1 aliphatic rings. The van der Waals surface area contributed by atoms with E-state index in [0.29, 0.717) is 16.5 Å². The van der Waals surface area contributed by atoms with Gasteiger partial charge in [-0.05, 0) is 72.7 Å². The van der Waals surface area contributed by atoms with Crippen LogP contribution in [0.15, 0.2) is 24.3 Å². The van der Waals surface area contributed by atoms with E-state index in [1.807, 2.05) is 27.7 Å².